The minimum absolute atomic E-state index is 0.0313. The maximum atomic E-state index is 12.8. The first-order chi connectivity index (χ1) is 12.2. The third-order valence-corrected chi connectivity index (χ3v) is 5.49. The standard InChI is InChI=1S/C19H21N3O3S/c1-12-7-8-15-11-18(21-17(15)9-12)19(23)22(3)13(2)14-5-4-6-16(10-14)26(20,24)25/h4-11,13,21H,1-3H3,(H2,20,24,25)/t13-/m1/s1. The number of hydrogen-bond donors (Lipinski definition) is 2. The summed E-state index contributed by atoms with van der Waals surface area (Å²) in [5.74, 6) is -0.174. The second-order valence-corrected chi connectivity index (χ2v) is 8.04. The maximum Gasteiger partial charge on any atom is 0.270 e. The number of nitrogens with zero attached hydrogens (tertiary/aromatic N) is 1. The number of fused-ring (bicyclic) bond motifs is 1. The Morgan fingerprint density at radius 2 is 1.88 bits per heavy atom. The molecule has 0 aliphatic carbocycles. The fourth-order valence-electron chi connectivity index (χ4n) is 2.90. The van der Waals surface area contributed by atoms with Gasteiger partial charge in [-0.05, 0) is 49.2 Å². The summed E-state index contributed by atoms with van der Waals surface area (Å²) in [7, 11) is -2.10. The average Bonchev–Trinajstić information content (AvgIpc) is 3.02. The van der Waals surface area contributed by atoms with Crippen LogP contribution in [-0.2, 0) is 10.0 Å². The molecule has 3 aromatic rings. The molecule has 0 unspecified atom stereocenters. The zero-order chi connectivity index (χ0) is 19.1. The van der Waals surface area contributed by atoms with Gasteiger partial charge in [-0.2, -0.15) is 0 Å². The molecule has 7 heteroatoms. The van der Waals surface area contributed by atoms with Crippen LogP contribution in [0.4, 0.5) is 0 Å². The lowest BCUT2D eigenvalue weighted by Crippen LogP contribution is -2.30. The van der Waals surface area contributed by atoms with Crippen LogP contribution in [0, 0.1) is 6.92 Å². The minimum Gasteiger partial charge on any atom is -0.351 e. The van der Waals surface area contributed by atoms with Gasteiger partial charge in [0, 0.05) is 18.0 Å². The number of nitrogens with two attached hydrogens (primary N) is 1. The van der Waals surface area contributed by atoms with E-state index in [0.29, 0.717) is 11.3 Å². The van der Waals surface area contributed by atoms with Crippen LogP contribution in [0.1, 0.15) is 34.6 Å². The molecule has 3 rings (SSSR count). The van der Waals surface area contributed by atoms with Gasteiger partial charge in [-0.1, -0.05) is 24.3 Å². The highest BCUT2D eigenvalue weighted by atomic mass is 32.2. The van der Waals surface area contributed by atoms with Crippen LogP contribution in [0.15, 0.2) is 53.4 Å². The molecule has 0 fully saturated rings. The number of hydrogen-bond acceptors (Lipinski definition) is 3. The summed E-state index contributed by atoms with van der Waals surface area (Å²) < 4.78 is 23.1. The molecule has 1 amide bonds. The Kier molecular flexibility index (Phi) is 4.60. The molecule has 2 aromatic carbocycles. The summed E-state index contributed by atoms with van der Waals surface area (Å²) >= 11 is 0. The molecular formula is C19H21N3O3S. The van der Waals surface area contributed by atoms with Crippen molar-refractivity contribution in [3.8, 4) is 0 Å². The van der Waals surface area contributed by atoms with Crippen molar-refractivity contribution in [3.05, 3.63) is 65.4 Å². The second-order valence-electron chi connectivity index (χ2n) is 6.48. The lowest BCUT2D eigenvalue weighted by atomic mass is 10.1. The Morgan fingerprint density at radius 3 is 2.58 bits per heavy atom. The highest BCUT2D eigenvalue weighted by molar-refractivity contribution is 7.89. The van der Waals surface area contributed by atoms with E-state index in [2.05, 4.69) is 4.98 Å². The highest BCUT2D eigenvalue weighted by Crippen LogP contribution is 2.24. The summed E-state index contributed by atoms with van der Waals surface area (Å²) in [5, 5.41) is 6.16. The minimum atomic E-state index is -3.79. The zero-order valence-corrected chi connectivity index (χ0v) is 15.7. The molecule has 0 bridgehead atoms. The fourth-order valence-corrected chi connectivity index (χ4v) is 3.47. The summed E-state index contributed by atoms with van der Waals surface area (Å²) in [6.45, 7) is 3.83. The number of primary sulfonamides is 1. The number of aryl methyl sites for hydroxylation is 1. The molecule has 0 radical (unpaired) electrons. The van der Waals surface area contributed by atoms with Crippen molar-refractivity contribution >= 4 is 26.8 Å². The van der Waals surface area contributed by atoms with Crippen LogP contribution in [0.2, 0.25) is 0 Å². The maximum absolute atomic E-state index is 12.8. The van der Waals surface area contributed by atoms with Crippen molar-refractivity contribution in [3.63, 3.8) is 0 Å². The van der Waals surface area contributed by atoms with Gasteiger partial charge >= 0.3 is 0 Å². The second kappa shape index (κ2) is 6.59. The summed E-state index contributed by atoms with van der Waals surface area (Å²) in [5.41, 5.74) is 3.20. The quantitative estimate of drug-likeness (QED) is 0.738. The molecule has 1 atom stereocenters. The van der Waals surface area contributed by atoms with E-state index in [-0.39, 0.29) is 16.8 Å². The monoisotopic (exact) mass is 371 g/mol. The van der Waals surface area contributed by atoms with Crippen molar-refractivity contribution in [1.82, 2.24) is 9.88 Å². The third-order valence-electron chi connectivity index (χ3n) is 4.58. The van der Waals surface area contributed by atoms with Gasteiger partial charge in [0.05, 0.1) is 10.9 Å². The van der Waals surface area contributed by atoms with E-state index in [0.717, 1.165) is 16.5 Å². The van der Waals surface area contributed by atoms with Gasteiger partial charge in [0.25, 0.3) is 5.91 Å². The number of amides is 1. The first-order valence-corrected chi connectivity index (χ1v) is 9.71. The highest BCUT2D eigenvalue weighted by Gasteiger charge is 2.21. The van der Waals surface area contributed by atoms with Gasteiger partial charge in [-0.3, -0.25) is 4.79 Å². The summed E-state index contributed by atoms with van der Waals surface area (Å²) in [4.78, 5) is 17.6. The van der Waals surface area contributed by atoms with E-state index in [1.54, 1.807) is 24.1 Å². The summed E-state index contributed by atoms with van der Waals surface area (Å²) in [6.07, 6.45) is 0. The first kappa shape index (κ1) is 18.2. The number of rotatable bonds is 4. The predicted molar refractivity (Wildman–Crippen MR) is 101 cm³/mol. The molecule has 3 N–H and O–H groups in total. The normalized spacial score (nSPS) is 12.9. The summed E-state index contributed by atoms with van der Waals surface area (Å²) in [6, 6.07) is 13.8. The van der Waals surface area contributed by atoms with E-state index in [1.165, 1.54) is 12.1 Å². The number of carbonyl (C=O) groups excluding carboxylic acids is 1. The van der Waals surface area contributed by atoms with Crippen LogP contribution >= 0.6 is 0 Å². The largest absolute Gasteiger partial charge is 0.351 e. The van der Waals surface area contributed by atoms with Crippen LogP contribution < -0.4 is 5.14 Å². The van der Waals surface area contributed by atoms with Crippen molar-refractivity contribution in [2.45, 2.75) is 24.8 Å². The molecule has 6 nitrogen and oxygen atoms in total. The smallest absolute Gasteiger partial charge is 0.270 e. The first-order valence-electron chi connectivity index (χ1n) is 8.16. The third kappa shape index (κ3) is 3.49. The topological polar surface area (TPSA) is 96.3 Å². The van der Waals surface area contributed by atoms with Crippen molar-refractivity contribution < 1.29 is 13.2 Å². The van der Waals surface area contributed by atoms with Crippen molar-refractivity contribution in [1.29, 1.82) is 0 Å². The Morgan fingerprint density at radius 1 is 1.15 bits per heavy atom. The Labute approximate surface area is 152 Å². The van der Waals surface area contributed by atoms with Gasteiger partial charge in [-0.15, -0.1) is 0 Å². The molecule has 1 aromatic heterocycles. The Hall–Kier alpha value is -2.64. The number of aromatic nitrogens is 1. The van der Waals surface area contributed by atoms with Crippen molar-refractivity contribution in [2.24, 2.45) is 5.14 Å². The SMILES string of the molecule is Cc1ccc2cc(C(=O)N(C)[C@H](C)c3cccc(S(N)(=O)=O)c3)[nH]c2c1. The van der Waals surface area contributed by atoms with E-state index in [1.807, 2.05) is 38.1 Å². The number of H-pyrrole nitrogens is 1. The van der Waals surface area contributed by atoms with Crippen molar-refractivity contribution in [2.75, 3.05) is 7.05 Å². The molecule has 0 saturated carbocycles. The lowest BCUT2D eigenvalue weighted by Gasteiger charge is -2.25. The van der Waals surface area contributed by atoms with Gasteiger partial charge < -0.3 is 9.88 Å². The Bertz CT molecular complexity index is 1090. The van der Waals surface area contributed by atoms with Gasteiger partial charge in [-0.25, -0.2) is 13.6 Å². The zero-order valence-electron chi connectivity index (χ0n) is 14.9. The number of aromatic amines is 1. The van der Waals surface area contributed by atoms with E-state index in [4.69, 9.17) is 5.14 Å². The van der Waals surface area contributed by atoms with E-state index in [9.17, 15) is 13.2 Å². The predicted octanol–water partition coefficient (Wildman–Crippen LogP) is 2.96. The molecule has 1 heterocycles. The van der Waals surface area contributed by atoms with Crippen LogP contribution in [0.25, 0.3) is 10.9 Å². The average molecular weight is 371 g/mol. The molecule has 0 aliphatic heterocycles. The fraction of sp³-hybridized carbons (Fsp3) is 0.211. The lowest BCUT2D eigenvalue weighted by molar-refractivity contribution is 0.0737. The van der Waals surface area contributed by atoms with Crippen LogP contribution in [-0.4, -0.2) is 31.3 Å². The van der Waals surface area contributed by atoms with Gasteiger partial charge in [0.1, 0.15) is 5.69 Å². The van der Waals surface area contributed by atoms with E-state index >= 15 is 0 Å². The molecule has 0 spiro atoms. The van der Waals surface area contributed by atoms with E-state index < -0.39 is 10.0 Å². The molecular weight excluding hydrogens is 350 g/mol. The molecule has 136 valence electrons. The number of sulfonamides is 1. The van der Waals surface area contributed by atoms with Crippen LogP contribution in [0.3, 0.4) is 0 Å². The number of nitrogens with one attached hydrogen (secondary N) is 1. The number of carbonyl (C=O) groups is 1. The molecule has 0 saturated heterocycles. The van der Waals surface area contributed by atoms with Crippen LogP contribution in [0.5, 0.6) is 0 Å². The molecule has 26 heavy (non-hydrogen) atoms. The van der Waals surface area contributed by atoms with Gasteiger partial charge in [0.2, 0.25) is 10.0 Å². The Balaban J connectivity index is 1.89. The van der Waals surface area contributed by atoms with Gasteiger partial charge in [0.15, 0.2) is 0 Å². The number of benzene rings is 2. The molecule has 0 aliphatic rings.